The Kier molecular flexibility index (Phi) is 5.40. The predicted octanol–water partition coefficient (Wildman–Crippen LogP) is 3.91. The lowest BCUT2D eigenvalue weighted by Crippen LogP contribution is -2.23. The van der Waals surface area contributed by atoms with E-state index in [1.54, 1.807) is 12.3 Å². The fourth-order valence-corrected chi connectivity index (χ4v) is 2.97. The first-order chi connectivity index (χ1) is 9.53. The average molecular weight is 294 g/mol. The van der Waals surface area contributed by atoms with Crippen LogP contribution in [-0.4, -0.2) is 30.8 Å². The minimum atomic E-state index is -1.06. The van der Waals surface area contributed by atoms with E-state index in [0.717, 1.165) is 25.5 Å². The summed E-state index contributed by atoms with van der Waals surface area (Å²) in [6.07, 6.45) is 8.04. The van der Waals surface area contributed by atoms with E-state index >= 15 is 0 Å². The second-order valence-corrected chi connectivity index (χ2v) is 12.3. The van der Waals surface area contributed by atoms with Crippen LogP contribution in [0.3, 0.4) is 0 Å². The summed E-state index contributed by atoms with van der Waals surface area (Å²) in [5.41, 5.74) is 0. The zero-order valence-corrected chi connectivity index (χ0v) is 13.9. The van der Waals surface area contributed by atoms with E-state index in [9.17, 15) is 0 Å². The van der Waals surface area contributed by atoms with Gasteiger partial charge in [0.25, 0.3) is 0 Å². The van der Waals surface area contributed by atoms with Crippen molar-refractivity contribution in [1.82, 2.24) is 9.97 Å². The van der Waals surface area contributed by atoms with Gasteiger partial charge in [-0.15, -0.1) is 0 Å². The molecule has 1 aliphatic rings. The molecule has 1 saturated carbocycles. The maximum Gasteiger partial charge on any atom is 0.319 e. The molecule has 1 aromatic rings. The molecular weight excluding hydrogens is 268 g/mol. The van der Waals surface area contributed by atoms with Crippen LogP contribution in [0.4, 0.5) is 0 Å². The molecule has 2 rings (SSSR count). The van der Waals surface area contributed by atoms with Gasteiger partial charge in [-0.1, -0.05) is 26.1 Å². The molecule has 0 unspecified atom stereocenters. The molecule has 4 nitrogen and oxygen atoms in total. The maximum absolute atomic E-state index is 5.85. The number of ether oxygens (including phenoxy) is 2. The van der Waals surface area contributed by atoms with Crippen LogP contribution < -0.4 is 9.47 Å². The zero-order valence-electron chi connectivity index (χ0n) is 12.9. The standard InChI is InChI=1S/C15H26N2O2Si/c1-20(2,3)12-11-18-14-9-10-16-15(17-14)19-13-7-5-4-6-8-13/h9-10,13H,4-8,11-12H2,1-3H3. The van der Waals surface area contributed by atoms with Crippen LogP contribution >= 0.6 is 0 Å². The van der Waals surface area contributed by atoms with Crippen molar-refractivity contribution in [2.45, 2.75) is 63.9 Å². The molecule has 0 aliphatic heterocycles. The van der Waals surface area contributed by atoms with Gasteiger partial charge in [0.05, 0.1) is 6.61 Å². The Balaban J connectivity index is 1.84. The normalized spacial score (nSPS) is 16.9. The van der Waals surface area contributed by atoms with Crippen molar-refractivity contribution in [3.8, 4) is 11.9 Å². The third-order valence-electron chi connectivity index (χ3n) is 3.53. The van der Waals surface area contributed by atoms with E-state index in [4.69, 9.17) is 9.47 Å². The van der Waals surface area contributed by atoms with Gasteiger partial charge in [0.2, 0.25) is 5.88 Å². The van der Waals surface area contributed by atoms with Crippen molar-refractivity contribution >= 4 is 8.07 Å². The molecule has 0 radical (unpaired) electrons. The number of nitrogens with zero attached hydrogens (tertiary/aromatic N) is 2. The highest BCUT2D eigenvalue weighted by Crippen LogP contribution is 2.22. The van der Waals surface area contributed by atoms with Gasteiger partial charge < -0.3 is 9.47 Å². The average Bonchev–Trinajstić information content (AvgIpc) is 2.39. The van der Waals surface area contributed by atoms with E-state index in [-0.39, 0.29) is 6.10 Å². The Labute approximate surface area is 122 Å². The third kappa shape index (κ3) is 5.49. The summed E-state index contributed by atoms with van der Waals surface area (Å²) in [5, 5.41) is 0. The van der Waals surface area contributed by atoms with Crippen molar-refractivity contribution in [3.63, 3.8) is 0 Å². The highest BCUT2D eigenvalue weighted by atomic mass is 28.3. The zero-order chi connectivity index (χ0) is 14.4. The van der Waals surface area contributed by atoms with Crippen molar-refractivity contribution < 1.29 is 9.47 Å². The second kappa shape index (κ2) is 7.06. The van der Waals surface area contributed by atoms with Gasteiger partial charge in [0.15, 0.2) is 0 Å². The fourth-order valence-electron chi connectivity index (χ4n) is 2.26. The third-order valence-corrected chi connectivity index (χ3v) is 5.24. The summed E-state index contributed by atoms with van der Waals surface area (Å²) in [7, 11) is -1.06. The molecule has 0 N–H and O–H groups in total. The Morgan fingerprint density at radius 3 is 2.65 bits per heavy atom. The van der Waals surface area contributed by atoms with Gasteiger partial charge in [0, 0.05) is 20.3 Å². The first-order valence-electron chi connectivity index (χ1n) is 7.65. The van der Waals surface area contributed by atoms with Crippen LogP contribution in [0.2, 0.25) is 25.7 Å². The number of hydrogen-bond acceptors (Lipinski definition) is 4. The molecule has 112 valence electrons. The lowest BCUT2D eigenvalue weighted by molar-refractivity contribution is 0.140. The van der Waals surface area contributed by atoms with Crippen LogP contribution in [-0.2, 0) is 0 Å². The Morgan fingerprint density at radius 1 is 1.20 bits per heavy atom. The molecule has 0 spiro atoms. The van der Waals surface area contributed by atoms with Crippen LogP contribution in [0.1, 0.15) is 32.1 Å². The van der Waals surface area contributed by atoms with E-state index in [2.05, 4.69) is 29.6 Å². The molecule has 0 saturated heterocycles. The van der Waals surface area contributed by atoms with Gasteiger partial charge in [-0.25, -0.2) is 4.98 Å². The van der Waals surface area contributed by atoms with Gasteiger partial charge in [-0.2, -0.15) is 4.98 Å². The minimum absolute atomic E-state index is 0.279. The lowest BCUT2D eigenvalue weighted by Gasteiger charge is -2.21. The molecule has 20 heavy (non-hydrogen) atoms. The fraction of sp³-hybridized carbons (Fsp3) is 0.733. The van der Waals surface area contributed by atoms with Crippen LogP contribution in [0.15, 0.2) is 12.3 Å². The molecule has 1 fully saturated rings. The number of hydrogen-bond donors (Lipinski definition) is 0. The van der Waals surface area contributed by atoms with Crippen molar-refractivity contribution in [2.75, 3.05) is 6.61 Å². The van der Waals surface area contributed by atoms with Crippen LogP contribution in [0, 0.1) is 0 Å². The first kappa shape index (κ1) is 15.3. The monoisotopic (exact) mass is 294 g/mol. The lowest BCUT2D eigenvalue weighted by atomic mass is 9.98. The topological polar surface area (TPSA) is 44.2 Å². The van der Waals surface area contributed by atoms with Gasteiger partial charge in [-0.05, 0) is 31.7 Å². The Hall–Kier alpha value is -1.10. The van der Waals surface area contributed by atoms with Gasteiger partial charge in [0.1, 0.15) is 6.10 Å². The van der Waals surface area contributed by atoms with Crippen LogP contribution in [0.25, 0.3) is 0 Å². The molecule has 1 aromatic heterocycles. The molecule has 0 aromatic carbocycles. The summed E-state index contributed by atoms with van der Waals surface area (Å²) in [6, 6.07) is 3.40. The second-order valence-electron chi connectivity index (χ2n) is 6.71. The number of rotatable bonds is 6. The highest BCUT2D eigenvalue weighted by molar-refractivity contribution is 6.76. The predicted molar refractivity (Wildman–Crippen MR) is 83.2 cm³/mol. The molecule has 5 heteroatoms. The largest absolute Gasteiger partial charge is 0.478 e. The van der Waals surface area contributed by atoms with Gasteiger partial charge in [-0.3, -0.25) is 0 Å². The first-order valence-corrected chi connectivity index (χ1v) is 11.4. The van der Waals surface area contributed by atoms with Crippen molar-refractivity contribution in [3.05, 3.63) is 12.3 Å². The minimum Gasteiger partial charge on any atom is -0.478 e. The summed E-state index contributed by atoms with van der Waals surface area (Å²) in [4.78, 5) is 8.53. The van der Waals surface area contributed by atoms with Crippen LogP contribution in [0.5, 0.6) is 11.9 Å². The van der Waals surface area contributed by atoms with E-state index in [0.29, 0.717) is 11.9 Å². The van der Waals surface area contributed by atoms with E-state index in [1.807, 2.05) is 0 Å². The molecule has 0 atom stereocenters. The van der Waals surface area contributed by atoms with Crippen molar-refractivity contribution in [2.24, 2.45) is 0 Å². The van der Waals surface area contributed by atoms with E-state index in [1.165, 1.54) is 19.3 Å². The molecule has 1 aliphatic carbocycles. The summed E-state index contributed by atoms with van der Waals surface area (Å²) in [6.45, 7) is 7.76. The molecule has 0 amide bonds. The summed E-state index contributed by atoms with van der Waals surface area (Å²) < 4.78 is 11.6. The molecule has 1 heterocycles. The highest BCUT2D eigenvalue weighted by Gasteiger charge is 2.17. The van der Waals surface area contributed by atoms with Crippen molar-refractivity contribution in [1.29, 1.82) is 0 Å². The smallest absolute Gasteiger partial charge is 0.319 e. The molecule has 0 bridgehead atoms. The SMILES string of the molecule is C[Si](C)(C)CCOc1ccnc(OC2CCCCC2)n1. The number of aromatic nitrogens is 2. The quantitative estimate of drug-likeness (QED) is 0.746. The van der Waals surface area contributed by atoms with E-state index < -0.39 is 8.07 Å². The molecular formula is C15H26N2O2Si. The summed E-state index contributed by atoms with van der Waals surface area (Å²) in [5.74, 6) is 0.629. The summed E-state index contributed by atoms with van der Waals surface area (Å²) >= 11 is 0. The Morgan fingerprint density at radius 2 is 1.95 bits per heavy atom. The Bertz CT molecular complexity index is 415. The maximum atomic E-state index is 5.85. The van der Waals surface area contributed by atoms with Gasteiger partial charge >= 0.3 is 6.01 Å².